The summed E-state index contributed by atoms with van der Waals surface area (Å²) in [7, 11) is 0. The fourth-order valence-electron chi connectivity index (χ4n) is 1.26. The molecule has 0 bridgehead atoms. The monoisotopic (exact) mass is 159 g/mol. The van der Waals surface area contributed by atoms with Gasteiger partial charge in [0.25, 0.3) is 0 Å². The zero-order valence-corrected chi connectivity index (χ0v) is 6.99. The predicted octanol–water partition coefficient (Wildman–Crippen LogP) is 1.23. The van der Waals surface area contributed by atoms with Gasteiger partial charge in [0.05, 0.1) is 17.2 Å². The van der Waals surface area contributed by atoms with Crippen LogP contribution in [-0.4, -0.2) is 17.2 Å². The number of hydrogen-bond acceptors (Lipinski definition) is 2. The number of rotatable bonds is 2. The highest BCUT2D eigenvalue weighted by atomic mass is 32.1. The van der Waals surface area contributed by atoms with Gasteiger partial charge in [-0.2, -0.15) is 0 Å². The van der Waals surface area contributed by atoms with Crippen molar-refractivity contribution in [2.75, 3.05) is 0 Å². The second-order valence-electron chi connectivity index (χ2n) is 2.82. The lowest BCUT2D eigenvalue weighted by Crippen LogP contribution is -2.18. The molecule has 2 atom stereocenters. The lowest BCUT2D eigenvalue weighted by molar-refractivity contribution is 0.0606. The Bertz CT molecular complexity index is 138. The van der Waals surface area contributed by atoms with Gasteiger partial charge in [-0.1, -0.05) is 12.2 Å². The van der Waals surface area contributed by atoms with Crippen LogP contribution in [0.3, 0.4) is 0 Å². The van der Waals surface area contributed by atoms with Crippen LogP contribution in [0.5, 0.6) is 0 Å². The van der Waals surface area contributed by atoms with E-state index in [9.17, 15) is 0 Å². The average molecular weight is 159 g/mol. The first kappa shape index (κ1) is 7.95. The molecule has 0 saturated carbocycles. The summed E-state index contributed by atoms with van der Waals surface area (Å²) in [5.41, 5.74) is 5.37. The third kappa shape index (κ3) is 2.23. The molecular formula is C7H13NOS. The van der Waals surface area contributed by atoms with Crippen LogP contribution in [0.25, 0.3) is 0 Å². The highest BCUT2D eigenvalue weighted by Crippen LogP contribution is 2.21. The van der Waals surface area contributed by atoms with E-state index in [2.05, 4.69) is 6.92 Å². The zero-order valence-electron chi connectivity index (χ0n) is 6.17. The van der Waals surface area contributed by atoms with Gasteiger partial charge in [-0.15, -0.1) is 0 Å². The number of ether oxygens (including phenoxy) is 1. The second-order valence-corrected chi connectivity index (χ2v) is 3.34. The summed E-state index contributed by atoms with van der Waals surface area (Å²) in [5.74, 6) is 0. The van der Waals surface area contributed by atoms with Gasteiger partial charge in [-0.3, -0.25) is 0 Å². The van der Waals surface area contributed by atoms with Crippen molar-refractivity contribution in [3.63, 3.8) is 0 Å². The van der Waals surface area contributed by atoms with Gasteiger partial charge in [0.1, 0.15) is 0 Å². The summed E-state index contributed by atoms with van der Waals surface area (Å²) in [6.07, 6.45) is 3.71. The summed E-state index contributed by atoms with van der Waals surface area (Å²) < 4.78 is 5.50. The maximum atomic E-state index is 5.50. The lowest BCUT2D eigenvalue weighted by Gasteiger charge is -2.08. The van der Waals surface area contributed by atoms with Crippen LogP contribution >= 0.6 is 12.2 Å². The smallest absolute Gasteiger partial charge is 0.0753 e. The fraction of sp³-hybridized carbons (Fsp3) is 0.857. The Morgan fingerprint density at radius 1 is 1.70 bits per heavy atom. The van der Waals surface area contributed by atoms with Gasteiger partial charge >= 0.3 is 0 Å². The Balaban J connectivity index is 2.24. The highest BCUT2D eigenvalue weighted by Gasteiger charge is 2.21. The molecule has 1 saturated heterocycles. The molecule has 3 heteroatoms. The maximum Gasteiger partial charge on any atom is 0.0753 e. The van der Waals surface area contributed by atoms with Crippen molar-refractivity contribution in [3.8, 4) is 0 Å². The van der Waals surface area contributed by atoms with Crippen LogP contribution in [0, 0.1) is 0 Å². The van der Waals surface area contributed by atoms with Crippen LogP contribution in [-0.2, 0) is 4.74 Å². The van der Waals surface area contributed by atoms with Crippen LogP contribution in [0.1, 0.15) is 26.2 Å². The molecule has 0 aliphatic carbocycles. The largest absolute Gasteiger partial charge is 0.393 e. The SMILES string of the molecule is CC1CCC(CC(N)=S)O1. The minimum Gasteiger partial charge on any atom is -0.393 e. The summed E-state index contributed by atoms with van der Waals surface area (Å²) in [6.45, 7) is 2.08. The fourth-order valence-corrected chi connectivity index (χ4v) is 1.45. The van der Waals surface area contributed by atoms with E-state index in [-0.39, 0.29) is 0 Å². The van der Waals surface area contributed by atoms with E-state index in [1.807, 2.05) is 0 Å². The Hall–Kier alpha value is -0.150. The predicted molar refractivity (Wildman–Crippen MR) is 45.0 cm³/mol. The molecule has 0 aromatic carbocycles. The first-order valence-electron chi connectivity index (χ1n) is 3.62. The summed E-state index contributed by atoms with van der Waals surface area (Å²) >= 11 is 4.77. The molecule has 2 unspecified atom stereocenters. The van der Waals surface area contributed by atoms with E-state index in [0.717, 1.165) is 19.3 Å². The molecule has 0 radical (unpaired) electrons. The van der Waals surface area contributed by atoms with Crippen molar-refractivity contribution in [1.82, 2.24) is 0 Å². The molecule has 1 aliphatic heterocycles. The van der Waals surface area contributed by atoms with Gasteiger partial charge in [0, 0.05) is 6.42 Å². The van der Waals surface area contributed by atoms with Crippen molar-refractivity contribution >= 4 is 17.2 Å². The summed E-state index contributed by atoms with van der Waals surface area (Å²) in [4.78, 5) is 0.569. The Morgan fingerprint density at radius 3 is 2.80 bits per heavy atom. The maximum absolute atomic E-state index is 5.50. The minimum atomic E-state index is 0.299. The van der Waals surface area contributed by atoms with Crippen molar-refractivity contribution < 1.29 is 4.74 Å². The lowest BCUT2D eigenvalue weighted by atomic mass is 10.1. The molecule has 2 N–H and O–H groups in total. The van der Waals surface area contributed by atoms with Crippen molar-refractivity contribution in [3.05, 3.63) is 0 Å². The van der Waals surface area contributed by atoms with E-state index in [1.165, 1.54) is 0 Å². The van der Waals surface area contributed by atoms with E-state index in [0.29, 0.717) is 17.2 Å². The molecule has 58 valence electrons. The van der Waals surface area contributed by atoms with Crippen molar-refractivity contribution in [2.24, 2.45) is 5.73 Å². The molecule has 1 fully saturated rings. The molecule has 0 spiro atoms. The van der Waals surface area contributed by atoms with Gasteiger partial charge < -0.3 is 10.5 Å². The number of hydrogen-bond donors (Lipinski definition) is 1. The molecule has 10 heavy (non-hydrogen) atoms. The molecule has 1 heterocycles. The topological polar surface area (TPSA) is 35.2 Å². The normalized spacial score (nSPS) is 32.5. The number of nitrogens with two attached hydrogens (primary N) is 1. The Morgan fingerprint density at radius 2 is 2.40 bits per heavy atom. The average Bonchev–Trinajstić information content (AvgIpc) is 2.13. The van der Waals surface area contributed by atoms with Gasteiger partial charge in [0.2, 0.25) is 0 Å². The summed E-state index contributed by atoms with van der Waals surface area (Å²) in [6, 6.07) is 0. The zero-order chi connectivity index (χ0) is 7.56. The third-order valence-corrected chi connectivity index (χ3v) is 1.92. The van der Waals surface area contributed by atoms with E-state index in [4.69, 9.17) is 22.7 Å². The first-order chi connectivity index (χ1) is 4.68. The number of thiocarbonyl (C=S) groups is 1. The van der Waals surface area contributed by atoms with Crippen LogP contribution < -0.4 is 5.73 Å². The van der Waals surface area contributed by atoms with E-state index >= 15 is 0 Å². The Labute approximate surface area is 66.7 Å². The van der Waals surface area contributed by atoms with Crippen molar-refractivity contribution in [2.45, 2.75) is 38.4 Å². The summed E-state index contributed by atoms with van der Waals surface area (Å²) in [5, 5.41) is 0. The van der Waals surface area contributed by atoms with Crippen LogP contribution in [0.2, 0.25) is 0 Å². The van der Waals surface area contributed by atoms with Crippen molar-refractivity contribution in [1.29, 1.82) is 0 Å². The second kappa shape index (κ2) is 3.30. The van der Waals surface area contributed by atoms with Gasteiger partial charge in [0.15, 0.2) is 0 Å². The molecule has 1 rings (SSSR count). The molecular weight excluding hydrogens is 146 g/mol. The molecule has 0 aromatic heterocycles. The highest BCUT2D eigenvalue weighted by molar-refractivity contribution is 7.80. The van der Waals surface area contributed by atoms with Crippen LogP contribution in [0.4, 0.5) is 0 Å². The van der Waals surface area contributed by atoms with E-state index in [1.54, 1.807) is 0 Å². The minimum absolute atomic E-state index is 0.299. The molecule has 0 aromatic rings. The molecule has 1 aliphatic rings. The van der Waals surface area contributed by atoms with E-state index < -0.39 is 0 Å². The quantitative estimate of drug-likeness (QED) is 0.615. The third-order valence-electron chi connectivity index (χ3n) is 1.75. The van der Waals surface area contributed by atoms with Crippen LogP contribution in [0.15, 0.2) is 0 Å². The van der Waals surface area contributed by atoms with Gasteiger partial charge in [-0.05, 0) is 19.8 Å². The van der Waals surface area contributed by atoms with Gasteiger partial charge in [-0.25, -0.2) is 0 Å². The molecule has 0 amide bonds. The molecule has 2 nitrogen and oxygen atoms in total. The standard InChI is InChI=1S/C7H13NOS/c1-5-2-3-6(9-5)4-7(8)10/h5-6H,2-4H2,1H3,(H2,8,10). The Kier molecular flexibility index (Phi) is 2.63. The first-order valence-corrected chi connectivity index (χ1v) is 4.03.